The Hall–Kier alpha value is -2.38. The van der Waals surface area contributed by atoms with E-state index in [1.807, 2.05) is 49.3 Å². The first kappa shape index (κ1) is 21.8. The van der Waals surface area contributed by atoms with Gasteiger partial charge in [-0.25, -0.2) is 4.79 Å². The quantitative estimate of drug-likeness (QED) is 0.726. The van der Waals surface area contributed by atoms with Gasteiger partial charge in [-0.1, -0.05) is 30.3 Å². The largest absolute Gasteiger partial charge is 0.444 e. The maximum Gasteiger partial charge on any atom is 0.410 e. The summed E-state index contributed by atoms with van der Waals surface area (Å²) < 4.78 is 5.51. The van der Waals surface area contributed by atoms with E-state index in [-0.39, 0.29) is 18.0 Å². The molecule has 1 aromatic carbocycles. The fraction of sp³-hybridized carbons (Fsp3) is 0.500. The predicted octanol–water partition coefficient (Wildman–Crippen LogP) is 3.87. The summed E-state index contributed by atoms with van der Waals surface area (Å²) in [6.45, 7) is 10.0. The number of fused-ring (bicyclic) bond motifs is 1. The van der Waals surface area contributed by atoms with Gasteiger partial charge in [0.25, 0.3) is 5.91 Å². The minimum atomic E-state index is -0.480. The molecule has 6 nitrogen and oxygen atoms in total. The lowest BCUT2D eigenvalue weighted by Gasteiger charge is -2.42. The minimum Gasteiger partial charge on any atom is -0.444 e. The Labute approximate surface area is 188 Å². The Morgan fingerprint density at radius 3 is 2.39 bits per heavy atom. The minimum absolute atomic E-state index is 0.113. The van der Waals surface area contributed by atoms with Gasteiger partial charge in [0, 0.05) is 45.3 Å². The van der Waals surface area contributed by atoms with E-state index in [0.717, 1.165) is 30.9 Å². The Balaban J connectivity index is 1.42. The second-order valence-electron chi connectivity index (χ2n) is 9.31. The van der Waals surface area contributed by atoms with Gasteiger partial charge in [0.05, 0.1) is 4.88 Å². The second kappa shape index (κ2) is 9.01. The van der Waals surface area contributed by atoms with E-state index in [9.17, 15) is 9.59 Å². The number of amides is 2. The zero-order chi connectivity index (χ0) is 22.0. The molecule has 1 atom stereocenters. The number of rotatable bonds is 3. The number of thiophene rings is 1. The van der Waals surface area contributed by atoms with Gasteiger partial charge in [0.15, 0.2) is 0 Å². The molecule has 3 heterocycles. The van der Waals surface area contributed by atoms with Crippen LogP contribution in [0.2, 0.25) is 0 Å². The molecule has 4 rings (SSSR count). The Bertz CT molecular complexity index is 914. The van der Waals surface area contributed by atoms with Crippen molar-refractivity contribution < 1.29 is 14.3 Å². The maximum atomic E-state index is 13.2. The lowest BCUT2D eigenvalue weighted by molar-refractivity contribution is 0.0116. The van der Waals surface area contributed by atoms with E-state index >= 15 is 0 Å². The second-order valence-corrected chi connectivity index (χ2v) is 10.3. The van der Waals surface area contributed by atoms with E-state index in [1.165, 1.54) is 22.5 Å². The smallest absolute Gasteiger partial charge is 0.410 e. The summed E-state index contributed by atoms with van der Waals surface area (Å²) in [4.78, 5) is 32.6. The van der Waals surface area contributed by atoms with Crippen LogP contribution in [0.25, 0.3) is 0 Å². The van der Waals surface area contributed by atoms with Crippen molar-refractivity contribution in [2.45, 2.75) is 45.4 Å². The van der Waals surface area contributed by atoms with Crippen LogP contribution in [0.5, 0.6) is 0 Å². The molecule has 0 saturated carbocycles. The molecular formula is C24H31N3O3S. The molecule has 7 heteroatoms. The van der Waals surface area contributed by atoms with Gasteiger partial charge in [-0.15, -0.1) is 11.3 Å². The molecule has 2 aliphatic rings. The van der Waals surface area contributed by atoms with E-state index in [1.54, 1.807) is 4.90 Å². The van der Waals surface area contributed by atoms with E-state index in [4.69, 9.17) is 4.74 Å². The number of carbonyl (C=O) groups excluding carboxylic acids is 2. The van der Waals surface area contributed by atoms with Crippen LogP contribution in [0, 0.1) is 0 Å². The van der Waals surface area contributed by atoms with Gasteiger partial charge in [-0.05, 0) is 49.8 Å². The molecule has 0 radical (unpaired) electrons. The molecule has 1 aromatic heterocycles. The molecule has 1 saturated heterocycles. The number of ether oxygens (including phenoxy) is 1. The normalized spacial score (nSPS) is 19.8. The Morgan fingerprint density at radius 2 is 1.74 bits per heavy atom. The number of benzene rings is 1. The van der Waals surface area contributed by atoms with Crippen LogP contribution in [-0.4, -0.2) is 71.1 Å². The molecule has 2 amide bonds. The monoisotopic (exact) mass is 441 g/mol. The molecule has 1 fully saturated rings. The summed E-state index contributed by atoms with van der Waals surface area (Å²) in [6, 6.07) is 12.4. The van der Waals surface area contributed by atoms with Crippen LogP contribution in [0.3, 0.4) is 0 Å². The lowest BCUT2D eigenvalue weighted by Crippen LogP contribution is -2.55. The molecule has 0 N–H and O–H groups in total. The van der Waals surface area contributed by atoms with Crippen molar-refractivity contribution in [3.63, 3.8) is 0 Å². The molecular weight excluding hydrogens is 410 g/mol. The first-order valence-corrected chi connectivity index (χ1v) is 11.8. The van der Waals surface area contributed by atoms with Crippen LogP contribution in [0.15, 0.2) is 41.8 Å². The molecule has 2 aromatic rings. The topological polar surface area (TPSA) is 53.1 Å². The van der Waals surface area contributed by atoms with Crippen molar-refractivity contribution in [3.8, 4) is 0 Å². The highest BCUT2D eigenvalue weighted by atomic mass is 32.1. The van der Waals surface area contributed by atoms with Gasteiger partial charge in [-0.2, -0.15) is 0 Å². The third-order valence-electron chi connectivity index (χ3n) is 5.84. The van der Waals surface area contributed by atoms with Crippen LogP contribution in [0.4, 0.5) is 4.79 Å². The SMILES string of the molecule is CC(C)(C)OC(=O)N1CCN(C[C@H]2Cc3ccccc3CN2C(=O)c2cccs2)CC1. The first-order valence-electron chi connectivity index (χ1n) is 10.9. The van der Waals surface area contributed by atoms with Gasteiger partial charge in [0.2, 0.25) is 0 Å². The van der Waals surface area contributed by atoms with Gasteiger partial charge < -0.3 is 14.5 Å². The van der Waals surface area contributed by atoms with Crippen molar-refractivity contribution in [2.24, 2.45) is 0 Å². The van der Waals surface area contributed by atoms with E-state index in [2.05, 4.69) is 23.1 Å². The molecule has 0 aliphatic carbocycles. The summed E-state index contributed by atoms with van der Waals surface area (Å²) in [6.07, 6.45) is 0.618. The highest BCUT2D eigenvalue weighted by molar-refractivity contribution is 7.12. The molecule has 0 unspecified atom stereocenters. The molecule has 31 heavy (non-hydrogen) atoms. The Morgan fingerprint density at radius 1 is 1.03 bits per heavy atom. The number of carbonyl (C=O) groups is 2. The number of hydrogen-bond acceptors (Lipinski definition) is 5. The van der Waals surface area contributed by atoms with E-state index < -0.39 is 5.60 Å². The third-order valence-corrected chi connectivity index (χ3v) is 6.70. The number of piperazine rings is 1. The van der Waals surface area contributed by atoms with Crippen molar-refractivity contribution in [3.05, 3.63) is 57.8 Å². The van der Waals surface area contributed by atoms with Crippen LogP contribution in [0.1, 0.15) is 41.6 Å². The maximum absolute atomic E-state index is 13.2. The number of nitrogens with zero attached hydrogens (tertiary/aromatic N) is 3. The predicted molar refractivity (Wildman–Crippen MR) is 122 cm³/mol. The van der Waals surface area contributed by atoms with Crippen LogP contribution < -0.4 is 0 Å². The summed E-state index contributed by atoms with van der Waals surface area (Å²) in [5, 5.41) is 1.95. The van der Waals surface area contributed by atoms with Crippen molar-refractivity contribution >= 4 is 23.3 Å². The Kier molecular flexibility index (Phi) is 6.34. The highest BCUT2D eigenvalue weighted by Crippen LogP contribution is 2.27. The average molecular weight is 442 g/mol. The van der Waals surface area contributed by atoms with Gasteiger partial charge >= 0.3 is 6.09 Å². The molecule has 0 spiro atoms. The average Bonchev–Trinajstić information content (AvgIpc) is 3.27. The summed E-state index contributed by atoms with van der Waals surface area (Å²) in [5.74, 6) is 0.113. The van der Waals surface area contributed by atoms with Crippen molar-refractivity contribution in [2.75, 3.05) is 32.7 Å². The van der Waals surface area contributed by atoms with Crippen LogP contribution >= 0.6 is 11.3 Å². The molecule has 166 valence electrons. The number of hydrogen-bond donors (Lipinski definition) is 0. The fourth-order valence-corrected chi connectivity index (χ4v) is 4.95. The lowest BCUT2D eigenvalue weighted by atomic mass is 9.93. The summed E-state index contributed by atoms with van der Waals surface area (Å²) in [7, 11) is 0. The third kappa shape index (κ3) is 5.28. The van der Waals surface area contributed by atoms with Crippen LogP contribution in [-0.2, 0) is 17.7 Å². The zero-order valence-corrected chi connectivity index (χ0v) is 19.4. The fourth-order valence-electron chi connectivity index (χ4n) is 4.27. The highest BCUT2D eigenvalue weighted by Gasteiger charge is 2.33. The zero-order valence-electron chi connectivity index (χ0n) is 18.5. The van der Waals surface area contributed by atoms with Crippen molar-refractivity contribution in [1.29, 1.82) is 0 Å². The van der Waals surface area contributed by atoms with Crippen molar-refractivity contribution in [1.82, 2.24) is 14.7 Å². The van der Waals surface area contributed by atoms with Gasteiger partial charge in [-0.3, -0.25) is 9.69 Å². The standard InChI is InChI=1S/C24H31N3O3S/c1-24(2,3)30-23(29)26-12-10-25(11-13-26)17-20-15-18-7-4-5-8-19(18)16-27(20)22(28)21-9-6-14-31-21/h4-9,14,20H,10-13,15-17H2,1-3H3/t20-/m1/s1. The molecule has 0 bridgehead atoms. The van der Waals surface area contributed by atoms with E-state index in [0.29, 0.717) is 19.6 Å². The van der Waals surface area contributed by atoms with Gasteiger partial charge in [0.1, 0.15) is 5.60 Å². The summed E-state index contributed by atoms with van der Waals surface area (Å²) >= 11 is 1.50. The summed E-state index contributed by atoms with van der Waals surface area (Å²) in [5.41, 5.74) is 2.08. The molecule has 2 aliphatic heterocycles. The first-order chi connectivity index (χ1) is 14.8.